The van der Waals surface area contributed by atoms with E-state index in [0.717, 1.165) is 5.56 Å². The van der Waals surface area contributed by atoms with Gasteiger partial charge in [-0.25, -0.2) is 4.90 Å². The van der Waals surface area contributed by atoms with Gasteiger partial charge in [-0.05, 0) is 42.8 Å². The molecule has 0 fully saturated rings. The molecule has 0 spiro atoms. The molecule has 0 saturated carbocycles. The van der Waals surface area contributed by atoms with Gasteiger partial charge in [-0.2, -0.15) is 0 Å². The van der Waals surface area contributed by atoms with E-state index in [1.165, 1.54) is 11.8 Å². The minimum atomic E-state index is -0.323. The fourth-order valence-electron chi connectivity index (χ4n) is 2.60. The summed E-state index contributed by atoms with van der Waals surface area (Å²) in [5.41, 5.74) is 2.72. The normalized spacial score (nSPS) is 13.3. The van der Waals surface area contributed by atoms with Gasteiger partial charge in [0, 0.05) is 12.6 Å². The molecule has 2 aromatic carbocycles. The van der Waals surface area contributed by atoms with Crippen molar-refractivity contribution in [1.82, 2.24) is 0 Å². The van der Waals surface area contributed by atoms with E-state index in [9.17, 15) is 14.4 Å². The molecule has 22 heavy (non-hydrogen) atoms. The van der Waals surface area contributed by atoms with Crippen molar-refractivity contribution in [3.63, 3.8) is 0 Å². The maximum atomic E-state index is 12.5. The van der Waals surface area contributed by atoms with Gasteiger partial charge in [0.25, 0.3) is 11.8 Å². The Morgan fingerprint density at radius 3 is 2.09 bits per heavy atom. The van der Waals surface area contributed by atoms with Crippen LogP contribution < -0.4 is 10.2 Å². The van der Waals surface area contributed by atoms with Crippen molar-refractivity contribution < 1.29 is 14.4 Å². The second kappa shape index (κ2) is 5.11. The summed E-state index contributed by atoms with van der Waals surface area (Å²) in [5.74, 6) is -0.820. The number of amides is 3. The van der Waals surface area contributed by atoms with Gasteiger partial charge in [0.05, 0.1) is 16.8 Å². The smallest absolute Gasteiger partial charge is 0.266 e. The molecule has 1 aliphatic heterocycles. The van der Waals surface area contributed by atoms with E-state index in [-0.39, 0.29) is 17.7 Å². The van der Waals surface area contributed by atoms with Crippen molar-refractivity contribution in [3.05, 3.63) is 59.2 Å². The van der Waals surface area contributed by atoms with Crippen LogP contribution in [0.2, 0.25) is 0 Å². The van der Waals surface area contributed by atoms with Crippen LogP contribution in [-0.2, 0) is 4.79 Å². The Kier molecular flexibility index (Phi) is 3.25. The lowest BCUT2D eigenvalue weighted by atomic mass is 10.1. The molecule has 1 heterocycles. The number of imide groups is 1. The molecule has 5 nitrogen and oxygen atoms in total. The van der Waals surface area contributed by atoms with Crippen molar-refractivity contribution in [2.24, 2.45) is 0 Å². The highest BCUT2D eigenvalue weighted by molar-refractivity contribution is 6.34. The number of rotatable bonds is 2. The number of anilines is 2. The first-order valence-corrected chi connectivity index (χ1v) is 6.85. The first kappa shape index (κ1) is 14.0. The summed E-state index contributed by atoms with van der Waals surface area (Å²) < 4.78 is 0. The quantitative estimate of drug-likeness (QED) is 0.866. The summed E-state index contributed by atoms with van der Waals surface area (Å²) >= 11 is 0. The number of nitrogens with one attached hydrogen (secondary N) is 1. The lowest BCUT2D eigenvalue weighted by Gasteiger charge is -2.17. The third-order valence-electron chi connectivity index (χ3n) is 3.55. The molecule has 3 rings (SSSR count). The minimum absolute atomic E-state index is 0.173. The predicted octanol–water partition coefficient (Wildman–Crippen LogP) is 2.75. The molecule has 1 N–H and O–H groups in total. The monoisotopic (exact) mass is 294 g/mol. The number of carbonyl (C=O) groups excluding carboxylic acids is 3. The Bertz CT molecular complexity index is 776. The average Bonchev–Trinajstić information content (AvgIpc) is 2.72. The van der Waals surface area contributed by atoms with Gasteiger partial charge in [-0.15, -0.1) is 0 Å². The molecule has 0 aliphatic carbocycles. The Hall–Kier alpha value is -2.95. The number of benzene rings is 2. The molecule has 1 aliphatic rings. The standard InChI is InChI=1S/C17H14N2O3/c1-10-9-12(18-11(2)20)7-8-15(10)19-16(21)13-5-3-4-6-14(13)17(19)22/h3-9H,1-2H3,(H,18,20). The average molecular weight is 294 g/mol. The van der Waals surface area contributed by atoms with Crippen molar-refractivity contribution >= 4 is 29.1 Å². The van der Waals surface area contributed by atoms with Gasteiger partial charge in [-0.1, -0.05) is 12.1 Å². The molecule has 0 bridgehead atoms. The molecule has 3 amide bonds. The zero-order valence-electron chi connectivity index (χ0n) is 12.2. The van der Waals surface area contributed by atoms with Crippen LogP contribution >= 0.6 is 0 Å². The van der Waals surface area contributed by atoms with E-state index in [4.69, 9.17) is 0 Å². The van der Waals surface area contributed by atoms with Gasteiger partial charge in [0.2, 0.25) is 5.91 Å². The van der Waals surface area contributed by atoms with E-state index >= 15 is 0 Å². The first-order valence-electron chi connectivity index (χ1n) is 6.85. The molecule has 0 unspecified atom stereocenters. The fourth-order valence-corrected chi connectivity index (χ4v) is 2.60. The third kappa shape index (κ3) is 2.16. The number of carbonyl (C=O) groups is 3. The van der Waals surface area contributed by atoms with E-state index in [1.807, 2.05) is 0 Å². The van der Waals surface area contributed by atoms with Crippen molar-refractivity contribution in [2.45, 2.75) is 13.8 Å². The summed E-state index contributed by atoms with van der Waals surface area (Å²) in [6.45, 7) is 3.22. The summed E-state index contributed by atoms with van der Waals surface area (Å²) in [6, 6.07) is 11.9. The van der Waals surface area contributed by atoms with Crippen LogP contribution in [-0.4, -0.2) is 17.7 Å². The molecular formula is C17H14N2O3. The highest BCUT2D eigenvalue weighted by Gasteiger charge is 2.36. The summed E-state index contributed by atoms with van der Waals surface area (Å²) in [6.07, 6.45) is 0. The zero-order chi connectivity index (χ0) is 15.9. The molecule has 0 saturated heterocycles. The van der Waals surface area contributed by atoms with Crippen LogP contribution in [0.1, 0.15) is 33.2 Å². The second-order valence-electron chi connectivity index (χ2n) is 5.17. The zero-order valence-corrected chi connectivity index (χ0v) is 12.2. The number of fused-ring (bicyclic) bond motifs is 1. The van der Waals surface area contributed by atoms with Crippen molar-refractivity contribution in [2.75, 3.05) is 10.2 Å². The maximum absolute atomic E-state index is 12.5. The fraction of sp³-hybridized carbons (Fsp3) is 0.118. The SMILES string of the molecule is CC(=O)Nc1ccc(N2C(=O)c3ccccc3C2=O)c(C)c1. The van der Waals surface area contributed by atoms with Gasteiger partial charge in [0.15, 0.2) is 0 Å². The Morgan fingerprint density at radius 1 is 1.00 bits per heavy atom. The van der Waals surface area contributed by atoms with Crippen molar-refractivity contribution in [3.8, 4) is 0 Å². The van der Waals surface area contributed by atoms with Crippen LogP contribution in [0.4, 0.5) is 11.4 Å². The number of hydrogen-bond donors (Lipinski definition) is 1. The lowest BCUT2D eigenvalue weighted by Crippen LogP contribution is -2.30. The topological polar surface area (TPSA) is 66.5 Å². The van der Waals surface area contributed by atoms with Crippen LogP contribution in [0.25, 0.3) is 0 Å². The predicted molar refractivity (Wildman–Crippen MR) is 83.1 cm³/mol. The molecular weight excluding hydrogens is 280 g/mol. The van der Waals surface area contributed by atoms with Crippen LogP contribution in [0.3, 0.4) is 0 Å². The van der Waals surface area contributed by atoms with Gasteiger partial charge < -0.3 is 5.32 Å². The van der Waals surface area contributed by atoms with Gasteiger partial charge in [0.1, 0.15) is 0 Å². The number of nitrogens with zero attached hydrogens (tertiary/aromatic N) is 1. The summed E-state index contributed by atoms with van der Waals surface area (Å²) in [5, 5.41) is 2.68. The van der Waals surface area contributed by atoms with E-state index in [1.54, 1.807) is 49.4 Å². The third-order valence-corrected chi connectivity index (χ3v) is 3.55. The lowest BCUT2D eigenvalue weighted by molar-refractivity contribution is -0.114. The Balaban J connectivity index is 2.01. The Labute approximate surface area is 127 Å². The van der Waals surface area contributed by atoms with Crippen molar-refractivity contribution in [1.29, 1.82) is 0 Å². The number of aryl methyl sites for hydroxylation is 1. The number of hydrogen-bond acceptors (Lipinski definition) is 3. The van der Waals surface area contributed by atoms with Gasteiger partial charge in [-0.3, -0.25) is 14.4 Å². The van der Waals surface area contributed by atoms with Crippen LogP contribution in [0.15, 0.2) is 42.5 Å². The largest absolute Gasteiger partial charge is 0.326 e. The molecule has 2 aromatic rings. The molecule has 0 aromatic heterocycles. The Morgan fingerprint density at radius 2 is 1.59 bits per heavy atom. The van der Waals surface area contributed by atoms with Gasteiger partial charge >= 0.3 is 0 Å². The molecule has 5 heteroatoms. The van der Waals surface area contributed by atoms with Crippen LogP contribution in [0, 0.1) is 6.92 Å². The summed E-state index contributed by atoms with van der Waals surface area (Å²) in [4.78, 5) is 37.2. The van der Waals surface area contributed by atoms with E-state index in [0.29, 0.717) is 22.5 Å². The molecule has 0 atom stereocenters. The highest BCUT2D eigenvalue weighted by Crippen LogP contribution is 2.31. The molecule has 0 radical (unpaired) electrons. The first-order chi connectivity index (χ1) is 10.5. The highest BCUT2D eigenvalue weighted by atomic mass is 16.2. The van der Waals surface area contributed by atoms with E-state index in [2.05, 4.69) is 5.32 Å². The maximum Gasteiger partial charge on any atom is 0.266 e. The summed E-state index contributed by atoms with van der Waals surface area (Å²) in [7, 11) is 0. The molecule has 110 valence electrons. The van der Waals surface area contributed by atoms with E-state index < -0.39 is 0 Å². The second-order valence-corrected chi connectivity index (χ2v) is 5.17. The van der Waals surface area contributed by atoms with Crippen LogP contribution in [0.5, 0.6) is 0 Å². The minimum Gasteiger partial charge on any atom is -0.326 e.